The molecule has 0 spiro atoms. The van der Waals surface area contributed by atoms with Crippen molar-refractivity contribution in [2.24, 2.45) is 11.5 Å². The summed E-state index contributed by atoms with van der Waals surface area (Å²) in [5.74, 6) is 0. The van der Waals surface area contributed by atoms with Crippen molar-refractivity contribution in [1.82, 2.24) is 0 Å². The highest BCUT2D eigenvalue weighted by molar-refractivity contribution is 4.43. The monoisotopic (exact) mass is 300 g/mol. The van der Waals surface area contributed by atoms with E-state index in [-0.39, 0.29) is 26.1 Å². The van der Waals surface area contributed by atoms with Gasteiger partial charge in [-0.25, -0.2) is 0 Å². The van der Waals surface area contributed by atoms with Crippen LogP contribution in [0.5, 0.6) is 0 Å². The largest absolute Gasteiger partial charge is 0.480 e. The first-order valence-electron chi connectivity index (χ1n) is 5.18. The third kappa shape index (κ3) is 10.7. The zero-order valence-corrected chi connectivity index (χ0v) is 10.2. The molecule has 0 aromatic carbocycles. The van der Waals surface area contributed by atoms with E-state index in [1.54, 1.807) is 0 Å². The first-order valence-corrected chi connectivity index (χ1v) is 5.18. The van der Waals surface area contributed by atoms with Crippen molar-refractivity contribution in [3.05, 3.63) is 25.1 Å². The van der Waals surface area contributed by atoms with Gasteiger partial charge in [0.25, 0.3) is 10.2 Å². The van der Waals surface area contributed by atoms with E-state index in [0.717, 1.165) is 0 Å². The van der Waals surface area contributed by atoms with Gasteiger partial charge in [-0.2, -0.15) is 9.68 Å². The predicted octanol–water partition coefficient (Wildman–Crippen LogP) is -1.61. The lowest BCUT2D eigenvalue weighted by Gasteiger charge is -2.06. The first-order chi connectivity index (χ1) is 9.31. The molecule has 0 saturated carbocycles. The second-order valence-electron chi connectivity index (χ2n) is 3.20. The summed E-state index contributed by atoms with van der Waals surface area (Å²) in [7, 11) is 0. The number of nitrogens with zero attached hydrogens (tertiary/aromatic N) is 3. The van der Waals surface area contributed by atoms with Crippen molar-refractivity contribution in [3.63, 3.8) is 0 Å². The highest BCUT2D eigenvalue weighted by Gasteiger charge is 2.23. The average Bonchev–Trinajstić information content (AvgIpc) is 2.26. The third-order valence-electron chi connectivity index (χ3n) is 1.64. The van der Waals surface area contributed by atoms with Gasteiger partial charge >= 0.3 is 5.09 Å². The molecule has 0 amide bonds. The molecule has 0 saturated heterocycles. The number of hydrogen-bond donors (Lipinski definition) is 2. The van der Waals surface area contributed by atoms with E-state index in [0.29, 0.717) is 0 Å². The summed E-state index contributed by atoms with van der Waals surface area (Å²) in [4.78, 5) is 47.4. The van der Waals surface area contributed by atoms with Crippen LogP contribution in [0.15, 0.2) is 0 Å². The van der Waals surface area contributed by atoms with Crippen molar-refractivity contribution >= 4 is 0 Å². The van der Waals surface area contributed by atoms with E-state index in [1.807, 2.05) is 0 Å². The molecule has 0 bridgehead atoms. The van der Waals surface area contributed by atoms with Crippen LogP contribution >= 0.6 is 0 Å². The molecular formula is C6H14N5O9+. The molecule has 0 aromatic heterocycles. The number of hydrogen-bond acceptors (Lipinski definition) is 11. The fourth-order valence-corrected chi connectivity index (χ4v) is 0.838. The van der Waals surface area contributed by atoms with Gasteiger partial charge in [-0.15, -0.1) is 20.2 Å². The van der Waals surface area contributed by atoms with E-state index in [1.165, 1.54) is 0 Å². The normalized spacial score (nSPS) is 12.9. The molecule has 20 heavy (non-hydrogen) atoms. The highest BCUT2D eigenvalue weighted by Crippen LogP contribution is 1.98. The lowest BCUT2D eigenvalue weighted by molar-refractivity contribution is -0.993. The maximum Gasteiger partial charge on any atom is 0.480 e. The van der Waals surface area contributed by atoms with Gasteiger partial charge in [0.05, 0.1) is 0 Å². The van der Waals surface area contributed by atoms with Crippen LogP contribution in [0.1, 0.15) is 12.8 Å². The van der Waals surface area contributed by atoms with Gasteiger partial charge in [-0.05, 0) is 0 Å². The molecule has 14 heteroatoms. The minimum absolute atomic E-state index is 0.150. The topological polar surface area (TPSA) is 195 Å². The molecule has 14 nitrogen and oxygen atoms in total. The van der Waals surface area contributed by atoms with Crippen LogP contribution in [0, 0.1) is 25.1 Å². The molecule has 0 aliphatic carbocycles. The van der Waals surface area contributed by atoms with Gasteiger partial charge in [0.2, 0.25) is 12.5 Å². The molecule has 2 atom stereocenters. The maximum absolute atomic E-state index is 11.0. The summed E-state index contributed by atoms with van der Waals surface area (Å²) in [5, 5.41) is 17.2. The molecule has 0 radical (unpaired) electrons. The zero-order chi connectivity index (χ0) is 15.5. The van der Waals surface area contributed by atoms with E-state index < -0.39 is 27.7 Å². The van der Waals surface area contributed by atoms with E-state index in [4.69, 9.17) is 11.5 Å². The smallest absolute Gasteiger partial charge is 0.314 e. The molecule has 0 aromatic rings. The summed E-state index contributed by atoms with van der Waals surface area (Å²) in [6, 6.07) is 0. The molecule has 0 rings (SSSR count). The van der Waals surface area contributed by atoms with Crippen LogP contribution in [0.4, 0.5) is 0 Å². The summed E-state index contributed by atoms with van der Waals surface area (Å²) >= 11 is 0. The standard InChI is InChI=1S/C6H14N5O9/c7-5(1-3-17-9(12)13)19-11(16)20-6(8)2-4-18-10(14)15/h5-6H,1-4,7-8H2/q+1. The summed E-state index contributed by atoms with van der Waals surface area (Å²) < 4.78 is 0. The Morgan fingerprint density at radius 1 is 0.850 bits per heavy atom. The quantitative estimate of drug-likeness (QED) is 0.239. The second kappa shape index (κ2) is 9.45. The minimum atomic E-state index is -1.21. The fraction of sp³-hybridized carbons (Fsp3) is 1.00. The molecule has 2 unspecified atom stereocenters. The minimum Gasteiger partial charge on any atom is -0.314 e. The summed E-state index contributed by atoms with van der Waals surface area (Å²) in [6.07, 6.45) is -2.73. The van der Waals surface area contributed by atoms with Crippen molar-refractivity contribution in [2.75, 3.05) is 13.2 Å². The van der Waals surface area contributed by atoms with Crippen LogP contribution in [-0.4, -0.2) is 40.9 Å². The second-order valence-corrected chi connectivity index (χ2v) is 3.20. The Balaban J connectivity index is 3.74. The highest BCUT2D eigenvalue weighted by atomic mass is 17.0. The van der Waals surface area contributed by atoms with Gasteiger partial charge in [0.15, 0.2) is 0 Å². The number of nitrogens with two attached hydrogens (primary N) is 2. The van der Waals surface area contributed by atoms with Crippen LogP contribution in [0.2, 0.25) is 0 Å². The van der Waals surface area contributed by atoms with E-state index >= 15 is 0 Å². The van der Waals surface area contributed by atoms with Gasteiger partial charge in [0.1, 0.15) is 18.1 Å². The molecule has 0 heterocycles. The van der Waals surface area contributed by atoms with E-state index in [2.05, 4.69) is 19.4 Å². The Bertz CT molecular complexity index is 309. The lowest BCUT2D eigenvalue weighted by atomic mass is 10.4. The molecule has 0 aliphatic heterocycles. The Labute approximate surface area is 111 Å². The fourth-order valence-electron chi connectivity index (χ4n) is 0.838. The number of rotatable bonds is 12. The van der Waals surface area contributed by atoms with Gasteiger partial charge in [-0.3, -0.25) is 11.5 Å². The Morgan fingerprint density at radius 2 is 1.20 bits per heavy atom. The van der Waals surface area contributed by atoms with Gasteiger partial charge < -0.3 is 9.68 Å². The van der Waals surface area contributed by atoms with Crippen LogP contribution in [0.25, 0.3) is 0 Å². The van der Waals surface area contributed by atoms with Crippen molar-refractivity contribution in [2.45, 2.75) is 25.3 Å². The third-order valence-corrected chi connectivity index (χ3v) is 1.64. The van der Waals surface area contributed by atoms with Crippen molar-refractivity contribution in [3.8, 4) is 0 Å². The van der Waals surface area contributed by atoms with Crippen LogP contribution in [-0.2, 0) is 19.4 Å². The van der Waals surface area contributed by atoms with Crippen molar-refractivity contribution < 1.29 is 34.6 Å². The zero-order valence-electron chi connectivity index (χ0n) is 10.2. The van der Waals surface area contributed by atoms with E-state index in [9.17, 15) is 25.1 Å². The summed E-state index contributed by atoms with van der Waals surface area (Å²) in [6.45, 7) is -0.741. The lowest BCUT2D eigenvalue weighted by Crippen LogP contribution is -2.35. The van der Waals surface area contributed by atoms with Crippen LogP contribution in [0.3, 0.4) is 0 Å². The molecule has 116 valence electrons. The average molecular weight is 300 g/mol. The molecule has 4 N–H and O–H groups in total. The molecule has 0 fully saturated rings. The Morgan fingerprint density at radius 3 is 1.50 bits per heavy atom. The Kier molecular flexibility index (Phi) is 8.28. The first kappa shape index (κ1) is 17.5. The predicted molar refractivity (Wildman–Crippen MR) is 56.9 cm³/mol. The Hall–Kier alpha value is -2.48. The van der Waals surface area contributed by atoms with Crippen molar-refractivity contribution in [1.29, 1.82) is 0 Å². The maximum atomic E-state index is 11.0. The molecular weight excluding hydrogens is 286 g/mol. The van der Waals surface area contributed by atoms with Gasteiger partial charge in [0, 0.05) is 12.8 Å². The SMILES string of the molecule is NC(CCO[N+](=O)[O-])O[N+](=O)OC(N)CCO[N+](=O)[O-]. The van der Waals surface area contributed by atoms with Gasteiger partial charge in [-0.1, -0.05) is 0 Å². The summed E-state index contributed by atoms with van der Waals surface area (Å²) in [5.41, 5.74) is 10.6. The molecule has 0 aliphatic rings. The van der Waals surface area contributed by atoms with Crippen LogP contribution < -0.4 is 11.5 Å².